The summed E-state index contributed by atoms with van der Waals surface area (Å²) in [6, 6.07) is -0.653. The lowest BCUT2D eigenvalue weighted by Gasteiger charge is -2.40. The van der Waals surface area contributed by atoms with E-state index in [0.717, 1.165) is 12.8 Å². The molecule has 0 aromatic heterocycles. The van der Waals surface area contributed by atoms with E-state index in [1.54, 1.807) is 0 Å². The highest BCUT2D eigenvalue weighted by atomic mass is 16.7. The van der Waals surface area contributed by atoms with Crippen LogP contribution in [0.5, 0.6) is 0 Å². The Morgan fingerprint density at radius 1 is 0.781 bits per heavy atom. The van der Waals surface area contributed by atoms with Gasteiger partial charge in [-0.25, -0.2) is 0 Å². The van der Waals surface area contributed by atoms with Crippen molar-refractivity contribution in [1.82, 2.24) is 0 Å². The monoisotopic (exact) mass is 463 g/mol. The smallest absolute Gasteiger partial charge is 0.186 e. The number of aliphatic hydroxyl groups is 5. The number of unbranched alkanes of at least 4 members (excludes halogenated alkanes) is 12. The minimum absolute atomic E-state index is 0.0672. The van der Waals surface area contributed by atoms with Gasteiger partial charge in [0.2, 0.25) is 0 Å². The van der Waals surface area contributed by atoms with Gasteiger partial charge in [-0.3, -0.25) is 0 Å². The molecule has 1 saturated heterocycles. The zero-order valence-corrected chi connectivity index (χ0v) is 20.0. The van der Waals surface area contributed by atoms with Gasteiger partial charge < -0.3 is 40.7 Å². The summed E-state index contributed by atoms with van der Waals surface area (Å²) >= 11 is 0. The standard InChI is InChI=1S/C24H49NO7/c1-2-3-4-5-6-7-8-9-10-11-12-13-14-15-19(27)18(25)17-31-24-23(30)22(29)21(28)20(16-26)32-24/h18-24,26-30H,2-17,25H2,1H3/t18-,19+,20+,21-,22-,23+,24+/m0/s1. The molecule has 1 aliphatic heterocycles. The molecule has 8 heteroatoms. The molecule has 0 bridgehead atoms. The fourth-order valence-electron chi connectivity index (χ4n) is 4.11. The molecule has 192 valence electrons. The second-order valence-corrected chi connectivity index (χ2v) is 9.29. The van der Waals surface area contributed by atoms with Crippen LogP contribution in [0.1, 0.15) is 96.8 Å². The average Bonchev–Trinajstić information content (AvgIpc) is 2.79. The Bertz CT molecular complexity index is 441. The summed E-state index contributed by atoms with van der Waals surface area (Å²) in [4.78, 5) is 0. The molecule has 1 rings (SSSR count). The predicted octanol–water partition coefficient (Wildman–Crippen LogP) is 1.97. The molecule has 0 spiro atoms. The zero-order chi connectivity index (χ0) is 23.8. The molecular weight excluding hydrogens is 414 g/mol. The van der Waals surface area contributed by atoms with Crippen molar-refractivity contribution in [2.24, 2.45) is 5.73 Å². The molecular formula is C24H49NO7. The van der Waals surface area contributed by atoms with Crippen LogP contribution in [0.4, 0.5) is 0 Å². The van der Waals surface area contributed by atoms with Crippen LogP contribution in [0.3, 0.4) is 0 Å². The van der Waals surface area contributed by atoms with E-state index in [-0.39, 0.29) is 6.61 Å². The third-order valence-electron chi connectivity index (χ3n) is 6.40. The van der Waals surface area contributed by atoms with Gasteiger partial charge in [0.15, 0.2) is 6.29 Å². The number of ether oxygens (including phenoxy) is 2. The molecule has 7 N–H and O–H groups in total. The quantitative estimate of drug-likeness (QED) is 0.159. The van der Waals surface area contributed by atoms with Crippen molar-refractivity contribution in [2.45, 2.75) is 140 Å². The Morgan fingerprint density at radius 3 is 1.78 bits per heavy atom. The molecule has 1 heterocycles. The first-order valence-corrected chi connectivity index (χ1v) is 12.8. The first-order chi connectivity index (χ1) is 15.4. The van der Waals surface area contributed by atoms with Crippen LogP contribution < -0.4 is 5.73 Å². The van der Waals surface area contributed by atoms with Crippen molar-refractivity contribution in [3.05, 3.63) is 0 Å². The van der Waals surface area contributed by atoms with Crippen molar-refractivity contribution in [3.8, 4) is 0 Å². The normalized spacial score (nSPS) is 28.0. The predicted molar refractivity (Wildman–Crippen MR) is 124 cm³/mol. The Balaban J connectivity index is 2.03. The van der Waals surface area contributed by atoms with Gasteiger partial charge in [0.1, 0.15) is 24.4 Å². The van der Waals surface area contributed by atoms with E-state index < -0.39 is 49.5 Å². The second kappa shape index (κ2) is 18.1. The van der Waals surface area contributed by atoms with Crippen molar-refractivity contribution in [3.63, 3.8) is 0 Å². The number of nitrogens with two attached hydrogens (primary N) is 1. The lowest BCUT2D eigenvalue weighted by molar-refractivity contribution is -0.302. The van der Waals surface area contributed by atoms with Gasteiger partial charge in [0.25, 0.3) is 0 Å². The third kappa shape index (κ3) is 11.7. The summed E-state index contributed by atoms with van der Waals surface area (Å²) in [5.74, 6) is 0. The Labute approximate surface area is 194 Å². The Morgan fingerprint density at radius 2 is 1.28 bits per heavy atom. The van der Waals surface area contributed by atoms with E-state index in [2.05, 4.69) is 6.92 Å². The van der Waals surface area contributed by atoms with E-state index in [1.165, 1.54) is 70.6 Å². The molecule has 1 fully saturated rings. The first kappa shape index (κ1) is 29.7. The Kier molecular flexibility index (Phi) is 16.8. The summed E-state index contributed by atoms with van der Waals surface area (Å²) in [5, 5.41) is 49.0. The van der Waals surface area contributed by atoms with Crippen molar-refractivity contribution < 1.29 is 35.0 Å². The van der Waals surface area contributed by atoms with Gasteiger partial charge in [0.05, 0.1) is 25.4 Å². The molecule has 8 nitrogen and oxygen atoms in total. The van der Waals surface area contributed by atoms with Crippen molar-refractivity contribution in [1.29, 1.82) is 0 Å². The fourth-order valence-corrected chi connectivity index (χ4v) is 4.11. The van der Waals surface area contributed by atoms with E-state index in [1.807, 2.05) is 0 Å². The number of hydrogen-bond acceptors (Lipinski definition) is 8. The van der Waals surface area contributed by atoms with E-state index in [4.69, 9.17) is 15.2 Å². The topological polar surface area (TPSA) is 146 Å². The van der Waals surface area contributed by atoms with Crippen LogP contribution in [0.2, 0.25) is 0 Å². The van der Waals surface area contributed by atoms with Gasteiger partial charge in [-0.1, -0.05) is 90.4 Å². The molecule has 0 aromatic rings. The molecule has 0 aromatic carbocycles. The average molecular weight is 464 g/mol. The highest BCUT2D eigenvalue weighted by Gasteiger charge is 2.44. The minimum Gasteiger partial charge on any atom is -0.394 e. The first-order valence-electron chi connectivity index (χ1n) is 12.8. The van der Waals surface area contributed by atoms with Crippen LogP contribution in [0.15, 0.2) is 0 Å². The molecule has 0 amide bonds. The number of aliphatic hydroxyl groups excluding tert-OH is 5. The maximum absolute atomic E-state index is 10.2. The van der Waals surface area contributed by atoms with Crippen molar-refractivity contribution >= 4 is 0 Å². The van der Waals surface area contributed by atoms with Crippen LogP contribution >= 0.6 is 0 Å². The van der Waals surface area contributed by atoms with Gasteiger partial charge >= 0.3 is 0 Å². The minimum atomic E-state index is -1.49. The van der Waals surface area contributed by atoms with E-state index >= 15 is 0 Å². The largest absolute Gasteiger partial charge is 0.394 e. The maximum atomic E-state index is 10.2. The van der Waals surface area contributed by atoms with Gasteiger partial charge in [-0.05, 0) is 6.42 Å². The molecule has 0 radical (unpaired) electrons. The molecule has 0 saturated carbocycles. The summed E-state index contributed by atoms with van der Waals surface area (Å²) in [5.41, 5.74) is 5.98. The highest BCUT2D eigenvalue weighted by molar-refractivity contribution is 4.89. The third-order valence-corrected chi connectivity index (χ3v) is 6.40. The number of rotatable bonds is 19. The lowest BCUT2D eigenvalue weighted by atomic mass is 9.99. The van der Waals surface area contributed by atoms with Gasteiger partial charge in [-0.2, -0.15) is 0 Å². The molecule has 32 heavy (non-hydrogen) atoms. The SMILES string of the molecule is CCCCCCCCCCCCCCC[C@@H](O)[C@@H](N)CO[C@@H]1O[C@H](CO)[C@H](O)[C@H](O)[C@H]1O. The van der Waals surface area contributed by atoms with Crippen LogP contribution in [-0.4, -0.2) is 81.6 Å². The summed E-state index contributed by atoms with van der Waals surface area (Å²) in [6.45, 7) is 1.67. The van der Waals surface area contributed by atoms with Gasteiger partial charge in [0, 0.05) is 0 Å². The molecule has 1 aliphatic rings. The van der Waals surface area contributed by atoms with E-state index in [0.29, 0.717) is 6.42 Å². The number of hydrogen-bond donors (Lipinski definition) is 6. The molecule has 0 unspecified atom stereocenters. The fraction of sp³-hybridized carbons (Fsp3) is 1.00. The van der Waals surface area contributed by atoms with Crippen molar-refractivity contribution in [2.75, 3.05) is 13.2 Å². The highest BCUT2D eigenvalue weighted by Crippen LogP contribution is 2.22. The van der Waals surface area contributed by atoms with Crippen LogP contribution in [-0.2, 0) is 9.47 Å². The zero-order valence-electron chi connectivity index (χ0n) is 20.0. The Hall–Kier alpha value is -0.320. The molecule has 0 aliphatic carbocycles. The van der Waals surface area contributed by atoms with Crippen LogP contribution in [0.25, 0.3) is 0 Å². The van der Waals surface area contributed by atoms with Crippen LogP contribution in [0, 0.1) is 0 Å². The maximum Gasteiger partial charge on any atom is 0.186 e. The molecule has 7 atom stereocenters. The van der Waals surface area contributed by atoms with E-state index in [9.17, 15) is 25.5 Å². The summed E-state index contributed by atoms with van der Waals surface area (Å²) < 4.78 is 10.7. The van der Waals surface area contributed by atoms with Gasteiger partial charge in [-0.15, -0.1) is 0 Å². The summed E-state index contributed by atoms with van der Waals surface area (Å²) in [6.07, 6.45) is 9.70. The lowest BCUT2D eigenvalue weighted by Crippen LogP contribution is -2.59. The summed E-state index contributed by atoms with van der Waals surface area (Å²) in [7, 11) is 0. The second-order valence-electron chi connectivity index (χ2n) is 9.29.